The second-order valence-electron chi connectivity index (χ2n) is 9.80. The standard InChI is InChI=1S/C27H37ClN2O3/c1-4-19-16-21(13-14-25(19)33-17(2)3)29-26-24(15-18-9-11-20(28)12-10-18)22-7-5-6-8-23(22)27(31)30(26)32/h5,7,9,16-17,20,24,26,29,32H,4,6,8,10-15H2,1-3H3. The van der Waals surface area contributed by atoms with Crippen LogP contribution in [0.5, 0.6) is 0 Å². The number of hydroxylamine groups is 2. The number of rotatable bonds is 7. The van der Waals surface area contributed by atoms with Gasteiger partial charge in [0.1, 0.15) is 6.17 Å². The predicted octanol–water partition coefficient (Wildman–Crippen LogP) is 6.27. The molecule has 4 aliphatic rings. The molecule has 3 aliphatic carbocycles. The smallest absolute Gasteiger partial charge is 0.275 e. The summed E-state index contributed by atoms with van der Waals surface area (Å²) in [5, 5.41) is 15.7. The van der Waals surface area contributed by atoms with Crippen molar-refractivity contribution in [3.8, 4) is 0 Å². The number of hydrogen-bond acceptors (Lipinski definition) is 4. The number of halogens is 1. The number of ether oxygens (including phenoxy) is 1. The summed E-state index contributed by atoms with van der Waals surface area (Å²) in [5.41, 5.74) is 5.44. The van der Waals surface area contributed by atoms with Crippen LogP contribution < -0.4 is 5.32 Å². The molecule has 0 bridgehead atoms. The van der Waals surface area contributed by atoms with Crippen LogP contribution in [-0.2, 0) is 9.53 Å². The average molecular weight is 473 g/mol. The lowest BCUT2D eigenvalue weighted by atomic mass is 9.78. The van der Waals surface area contributed by atoms with Crippen LogP contribution in [0, 0.1) is 5.92 Å². The van der Waals surface area contributed by atoms with Crippen LogP contribution in [0.4, 0.5) is 0 Å². The van der Waals surface area contributed by atoms with E-state index in [0.717, 1.165) is 79.0 Å². The highest BCUT2D eigenvalue weighted by Crippen LogP contribution is 2.40. The summed E-state index contributed by atoms with van der Waals surface area (Å²) in [4.78, 5) is 13.0. The van der Waals surface area contributed by atoms with Gasteiger partial charge >= 0.3 is 0 Å². The van der Waals surface area contributed by atoms with Crippen molar-refractivity contribution in [1.29, 1.82) is 0 Å². The maximum atomic E-state index is 13.0. The molecule has 33 heavy (non-hydrogen) atoms. The number of carbonyl (C=O) groups excluding carboxylic acids is 1. The molecule has 0 aromatic rings. The molecular formula is C27H37ClN2O3. The molecular weight excluding hydrogens is 436 g/mol. The van der Waals surface area contributed by atoms with Crippen molar-refractivity contribution in [2.75, 3.05) is 0 Å². The Kier molecular flexibility index (Phi) is 7.70. The highest BCUT2D eigenvalue weighted by Gasteiger charge is 2.41. The van der Waals surface area contributed by atoms with Crippen molar-refractivity contribution < 1.29 is 14.7 Å². The van der Waals surface area contributed by atoms with Crippen molar-refractivity contribution in [3.63, 3.8) is 0 Å². The highest BCUT2D eigenvalue weighted by molar-refractivity contribution is 6.20. The summed E-state index contributed by atoms with van der Waals surface area (Å²) in [6.45, 7) is 6.23. The summed E-state index contributed by atoms with van der Waals surface area (Å²) in [6.07, 6.45) is 16.0. The average Bonchev–Trinajstić information content (AvgIpc) is 2.81. The molecule has 5 nitrogen and oxygen atoms in total. The zero-order valence-corrected chi connectivity index (χ0v) is 20.8. The minimum absolute atomic E-state index is 0.000595. The number of nitrogens with zero attached hydrogens (tertiary/aromatic N) is 1. The van der Waals surface area contributed by atoms with Crippen LogP contribution >= 0.6 is 11.6 Å². The van der Waals surface area contributed by atoms with E-state index in [4.69, 9.17) is 16.3 Å². The van der Waals surface area contributed by atoms with Gasteiger partial charge in [-0.1, -0.05) is 30.7 Å². The van der Waals surface area contributed by atoms with Gasteiger partial charge in [-0.2, -0.15) is 5.06 Å². The van der Waals surface area contributed by atoms with Crippen molar-refractivity contribution in [2.45, 2.75) is 96.2 Å². The van der Waals surface area contributed by atoms with Gasteiger partial charge in [0.25, 0.3) is 5.91 Å². The Hall–Kier alpha value is -1.98. The van der Waals surface area contributed by atoms with Gasteiger partial charge in [0.2, 0.25) is 0 Å². The van der Waals surface area contributed by atoms with E-state index in [1.807, 2.05) is 0 Å². The Balaban J connectivity index is 1.63. The first-order valence-corrected chi connectivity index (χ1v) is 12.9. The molecule has 0 fully saturated rings. The number of amides is 1. The van der Waals surface area contributed by atoms with Crippen LogP contribution in [0.25, 0.3) is 0 Å². The van der Waals surface area contributed by atoms with Gasteiger partial charge in [-0.05, 0) is 82.4 Å². The maximum absolute atomic E-state index is 13.0. The molecule has 0 saturated carbocycles. The second-order valence-corrected chi connectivity index (χ2v) is 10.4. The molecule has 3 unspecified atom stereocenters. The van der Waals surface area contributed by atoms with E-state index in [9.17, 15) is 10.0 Å². The van der Waals surface area contributed by atoms with Crippen molar-refractivity contribution in [1.82, 2.24) is 10.4 Å². The van der Waals surface area contributed by atoms with Crippen molar-refractivity contribution in [2.24, 2.45) is 5.92 Å². The molecule has 0 radical (unpaired) electrons. The Labute approximate surface area is 202 Å². The summed E-state index contributed by atoms with van der Waals surface area (Å²) in [7, 11) is 0. The quantitative estimate of drug-likeness (QED) is 0.260. The minimum atomic E-state index is -0.495. The fourth-order valence-corrected chi connectivity index (χ4v) is 5.57. The predicted molar refractivity (Wildman–Crippen MR) is 131 cm³/mol. The van der Waals surface area contributed by atoms with Gasteiger partial charge in [0, 0.05) is 29.0 Å². The van der Waals surface area contributed by atoms with Gasteiger partial charge in [-0.25, -0.2) is 0 Å². The molecule has 1 heterocycles. The molecule has 180 valence electrons. The van der Waals surface area contributed by atoms with E-state index in [-0.39, 0.29) is 23.3 Å². The fraction of sp³-hybridized carbons (Fsp3) is 0.593. The van der Waals surface area contributed by atoms with E-state index in [2.05, 4.69) is 50.4 Å². The fourth-order valence-electron chi connectivity index (χ4n) is 5.37. The van der Waals surface area contributed by atoms with E-state index in [1.54, 1.807) is 0 Å². The van der Waals surface area contributed by atoms with Crippen LogP contribution in [-0.4, -0.2) is 33.8 Å². The van der Waals surface area contributed by atoms with Crippen molar-refractivity contribution in [3.05, 3.63) is 58.1 Å². The van der Waals surface area contributed by atoms with E-state index < -0.39 is 6.17 Å². The summed E-state index contributed by atoms with van der Waals surface area (Å²) in [6, 6.07) is 0. The van der Waals surface area contributed by atoms with Crippen LogP contribution in [0.15, 0.2) is 58.1 Å². The third-order valence-electron chi connectivity index (χ3n) is 7.06. The molecule has 3 atom stereocenters. The lowest BCUT2D eigenvalue weighted by molar-refractivity contribution is -0.181. The highest BCUT2D eigenvalue weighted by atomic mass is 35.5. The summed E-state index contributed by atoms with van der Waals surface area (Å²) in [5.74, 6) is 0.784. The van der Waals surface area contributed by atoms with E-state index in [1.165, 1.54) is 11.1 Å². The van der Waals surface area contributed by atoms with Gasteiger partial charge in [0.15, 0.2) is 0 Å². The zero-order chi connectivity index (χ0) is 23.5. The Bertz CT molecular complexity index is 928. The molecule has 6 heteroatoms. The largest absolute Gasteiger partial charge is 0.495 e. The van der Waals surface area contributed by atoms with Crippen molar-refractivity contribution >= 4 is 17.5 Å². The molecule has 2 N–H and O–H groups in total. The first-order chi connectivity index (χ1) is 15.9. The molecule has 1 amide bonds. The van der Waals surface area contributed by atoms with Gasteiger partial charge in [0.05, 0.1) is 11.9 Å². The number of hydrogen-bond donors (Lipinski definition) is 2. The lowest BCUT2D eigenvalue weighted by Gasteiger charge is -2.42. The number of alkyl halides is 1. The third kappa shape index (κ3) is 5.41. The number of carbonyl (C=O) groups is 1. The van der Waals surface area contributed by atoms with Gasteiger partial charge in [-0.3, -0.25) is 10.0 Å². The monoisotopic (exact) mass is 472 g/mol. The van der Waals surface area contributed by atoms with E-state index >= 15 is 0 Å². The van der Waals surface area contributed by atoms with Gasteiger partial charge < -0.3 is 10.1 Å². The van der Waals surface area contributed by atoms with Gasteiger partial charge in [-0.15, -0.1) is 11.6 Å². The molecule has 1 aliphatic heterocycles. The maximum Gasteiger partial charge on any atom is 0.275 e. The molecule has 0 aromatic carbocycles. The van der Waals surface area contributed by atoms with E-state index in [0.29, 0.717) is 6.42 Å². The summed E-state index contributed by atoms with van der Waals surface area (Å²) < 4.78 is 6.03. The number of allylic oxidation sites excluding steroid dienone is 8. The van der Waals surface area contributed by atoms with Crippen LogP contribution in [0.3, 0.4) is 0 Å². The molecule has 0 spiro atoms. The molecule has 0 aromatic heterocycles. The zero-order valence-electron chi connectivity index (χ0n) is 20.1. The van der Waals surface area contributed by atoms with Crippen LogP contribution in [0.1, 0.15) is 78.6 Å². The Morgan fingerprint density at radius 3 is 2.79 bits per heavy atom. The second kappa shape index (κ2) is 10.5. The molecule has 4 rings (SSSR count). The first kappa shape index (κ1) is 24.2. The first-order valence-electron chi connectivity index (χ1n) is 12.5. The van der Waals surface area contributed by atoms with Crippen LogP contribution in [0.2, 0.25) is 0 Å². The SMILES string of the molecule is CCC1=C(OC(C)C)CCC(NC2C(CC3=CCC(Cl)CC3)C3=C(CCC=C3)C(=O)N2O)=C1. The topological polar surface area (TPSA) is 61.8 Å². The third-order valence-corrected chi connectivity index (χ3v) is 7.46. The minimum Gasteiger partial charge on any atom is -0.495 e. The Morgan fingerprint density at radius 2 is 2.09 bits per heavy atom. The summed E-state index contributed by atoms with van der Waals surface area (Å²) >= 11 is 6.31. The Morgan fingerprint density at radius 1 is 1.27 bits per heavy atom. The number of nitrogens with one attached hydrogen (secondary N) is 1. The molecule has 0 saturated heterocycles. The normalized spacial score (nSPS) is 28.1. The lowest BCUT2D eigenvalue weighted by Crippen LogP contribution is -2.55.